The molecule has 0 atom stereocenters. The van der Waals surface area contributed by atoms with Gasteiger partial charge in [0.1, 0.15) is 0 Å². The Morgan fingerprint density at radius 2 is 2.15 bits per heavy atom. The first-order valence-electron chi connectivity index (χ1n) is 5.96. The fourth-order valence-corrected chi connectivity index (χ4v) is 2.96. The third-order valence-electron chi connectivity index (χ3n) is 2.95. The van der Waals surface area contributed by atoms with E-state index >= 15 is 0 Å². The van der Waals surface area contributed by atoms with Crippen LogP contribution in [-0.4, -0.2) is 42.1 Å². The van der Waals surface area contributed by atoms with Crippen LogP contribution in [0.5, 0.6) is 0 Å². The van der Waals surface area contributed by atoms with Crippen molar-refractivity contribution in [3.63, 3.8) is 0 Å². The van der Waals surface area contributed by atoms with Crippen LogP contribution in [-0.2, 0) is 0 Å². The molecule has 3 rings (SSSR count). The van der Waals surface area contributed by atoms with E-state index in [0.29, 0.717) is 28.9 Å². The number of hydrogen-bond donors (Lipinski definition) is 1. The van der Waals surface area contributed by atoms with Crippen molar-refractivity contribution < 1.29 is 9.32 Å². The van der Waals surface area contributed by atoms with Crippen molar-refractivity contribution in [1.82, 2.24) is 15.4 Å². The van der Waals surface area contributed by atoms with Crippen LogP contribution in [0.3, 0.4) is 0 Å². The molecule has 20 heavy (non-hydrogen) atoms. The maximum atomic E-state index is 12.2. The first kappa shape index (κ1) is 15.3. The number of thiophene rings is 1. The predicted molar refractivity (Wildman–Crippen MR) is 80.8 cm³/mol. The van der Waals surface area contributed by atoms with Gasteiger partial charge >= 0.3 is 0 Å². The van der Waals surface area contributed by atoms with E-state index in [1.165, 1.54) is 11.3 Å². The zero-order chi connectivity index (χ0) is 13.2. The topological polar surface area (TPSA) is 58.4 Å². The van der Waals surface area contributed by atoms with E-state index in [-0.39, 0.29) is 18.3 Å². The van der Waals surface area contributed by atoms with Crippen molar-refractivity contribution in [2.45, 2.75) is 0 Å². The number of nitrogens with zero attached hydrogens (tertiary/aromatic N) is 2. The van der Waals surface area contributed by atoms with Gasteiger partial charge in [0.05, 0.1) is 9.21 Å². The van der Waals surface area contributed by atoms with Crippen LogP contribution >= 0.6 is 35.3 Å². The van der Waals surface area contributed by atoms with E-state index in [1.807, 2.05) is 6.07 Å². The minimum atomic E-state index is -0.0841. The van der Waals surface area contributed by atoms with Crippen molar-refractivity contribution in [2.75, 3.05) is 26.2 Å². The van der Waals surface area contributed by atoms with Crippen molar-refractivity contribution in [2.24, 2.45) is 0 Å². The molecule has 0 aromatic carbocycles. The Bertz CT molecular complexity index is 593. The number of aromatic nitrogens is 1. The van der Waals surface area contributed by atoms with Gasteiger partial charge in [-0.2, -0.15) is 0 Å². The Hall–Kier alpha value is -1.08. The third-order valence-corrected chi connectivity index (χ3v) is 4.20. The summed E-state index contributed by atoms with van der Waals surface area (Å²) in [5, 5.41) is 7.06. The minimum absolute atomic E-state index is 0. The summed E-state index contributed by atoms with van der Waals surface area (Å²) in [6.07, 6.45) is 0. The molecule has 3 heterocycles. The van der Waals surface area contributed by atoms with Crippen molar-refractivity contribution in [1.29, 1.82) is 0 Å². The average Bonchev–Trinajstić information content (AvgIpc) is 3.07. The smallest absolute Gasteiger partial charge is 0.276 e. The highest BCUT2D eigenvalue weighted by Crippen LogP contribution is 2.31. The SMILES string of the molecule is Cl.O=C(c1cc(-c2ccc(Cl)s2)on1)N1CCNCC1. The quantitative estimate of drug-likeness (QED) is 0.917. The summed E-state index contributed by atoms with van der Waals surface area (Å²) in [7, 11) is 0. The molecular weight excluding hydrogens is 321 g/mol. The number of rotatable bonds is 2. The second-order valence-corrected chi connectivity index (χ2v) is 5.94. The number of nitrogens with one attached hydrogen (secondary N) is 1. The number of carbonyl (C=O) groups excluding carboxylic acids is 1. The first-order valence-corrected chi connectivity index (χ1v) is 7.16. The lowest BCUT2D eigenvalue weighted by atomic mass is 10.2. The zero-order valence-corrected chi connectivity index (χ0v) is 12.9. The largest absolute Gasteiger partial charge is 0.355 e. The Balaban J connectivity index is 0.00000147. The van der Waals surface area contributed by atoms with E-state index in [9.17, 15) is 4.79 Å². The molecule has 1 fully saturated rings. The molecular formula is C12H13Cl2N3O2S. The van der Waals surface area contributed by atoms with Crippen molar-refractivity contribution in [3.05, 3.63) is 28.2 Å². The Morgan fingerprint density at radius 3 is 2.80 bits per heavy atom. The molecule has 0 unspecified atom stereocenters. The van der Waals surface area contributed by atoms with Gasteiger partial charge in [-0.1, -0.05) is 16.8 Å². The van der Waals surface area contributed by atoms with Crippen LogP contribution in [0.25, 0.3) is 10.6 Å². The first-order chi connectivity index (χ1) is 9.24. The molecule has 2 aromatic rings. The van der Waals surface area contributed by atoms with Gasteiger partial charge in [0.25, 0.3) is 5.91 Å². The highest BCUT2D eigenvalue weighted by atomic mass is 35.5. The van der Waals surface area contributed by atoms with E-state index in [4.69, 9.17) is 16.1 Å². The summed E-state index contributed by atoms with van der Waals surface area (Å²) in [4.78, 5) is 14.9. The van der Waals surface area contributed by atoms with Crippen molar-refractivity contribution >= 4 is 41.3 Å². The van der Waals surface area contributed by atoms with Crippen LogP contribution in [0, 0.1) is 0 Å². The zero-order valence-electron chi connectivity index (χ0n) is 10.5. The van der Waals surface area contributed by atoms with Crippen LogP contribution in [0.15, 0.2) is 22.7 Å². The number of halogens is 2. The summed E-state index contributed by atoms with van der Waals surface area (Å²) in [6.45, 7) is 3.03. The van der Waals surface area contributed by atoms with E-state index in [2.05, 4.69) is 10.5 Å². The molecule has 1 aliphatic heterocycles. The minimum Gasteiger partial charge on any atom is -0.355 e. The van der Waals surface area contributed by atoms with Crippen molar-refractivity contribution in [3.8, 4) is 10.6 Å². The molecule has 5 nitrogen and oxygen atoms in total. The summed E-state index contributed by atoms with van der Waals surface area (Å²) in [6, 6.07) is 5.32. The Morgan fingerprint density at radius 1 is 1.40 bits per heavy atom. The van der Waals surface area contributed by atoms with Gasteiger partial charge in [-0.25, -0.2) is 0 Å². The van der Waals surface area contributed by atoms with Gasteiger partial charge in [0.15, 0.2) is 11.5 Å². The maximum absolute atomic E-state index is 12.2. The fraction of sp³-hybridized carbons (Fsp3) is 0.333. The molecule has 0 saturated carbocycles. The molecule has 0 aliphatic carbocycles. The summed E-state index contributed by atoms with van der Waals surface area (Å²) < 4.78 is 5.90. The molecule has 1 saturated heterocycles. The molecule has 0 bridgehead atoms. The molecule has 0 spiro atoms. The average molecular weight is 334 g/mol. The standard InChI is InChI=1S/C12H12ClN3O2S.ClH/c13-11-2-1-10(19-11)9-7-8(15-18-9)12(17)16-5-3-14-4-6-16;/h1-2,7,14H,3-6H2;1H. The summed E-state index contributed by atoms with van der Waals surface area (Å²) in [5.74, 6) is 0.495. The summed E-state index contributed by atoms with van der Waals surface area (Å²) in [5.41, 5.74) is 0.349. The monoisotopic (exact) mass is 333 g/mol. The Kier molecular flexibility index (Phi) is 5.04. The number of carbonyl (C=O) groups is 1. The second-order valence-electron chi connectivity index (χ2n) is 4.22. The molecule has 1 amide bonds. The van der Waals surface area contributed by atoms with E-state index < -0.39 is 0 Å². The van der Waals surface area contributed by atoms with Gasteiger partial charge in [-0.15, -0.1) is 23.7 Å². The van der Waals surface area contributed by atoms with E-state index in [0.717, 1.165) is 18.0 Å². The highest BCUT2D eigenvalue weighted by Gasteiger charge is 2.22. The Labute approximate surface area is 131 Å². The lowest BCUT2D eigenvalue weighted by Crippen LogP contribution is -2.46. The lowest BCUT2D eigenvalue weighted by molar-refractivity contribution is 0.0725. The summed E-state index contributed by atoms with van der Waals surface area (Å²) >= 11 is 7.27. The molecule has 0 radical (unpaired) electrons. The van der Waals surface area contributed by atoms with Crippen LogP contribution in [0.1, 0.15) is 10.5 Å². The molecule has 8 heteroatoms. The van der Waals surface area contributed by atoms with Gasteiger partial charge in [0, 0.05) is 32.2 Å². The molecule has 2 aromatic heterocycles. The number of amides is 1. The van der Waals surface area contributed by atoms with Gasteiger partial charge in [-0.3, -0.25) is 4.79 Å². The lowest BCUT2D eigenvalue weighted by Gasteiger charge is -2.26. The highest BCUT2D eigenvalue weighted by molar-refractivity contribution is 7.19. The van der Waals surface area contributed by atoms with Crippen LogP contribution in [0.4, 0.5) is 0 Å². The normalized spacial score (nSPS) is 14.9. The van der Waals surface area contributed by atoms with Crippen LogP contribution < -0.4 is 5.32 Å². The van der Waals surface area contributed by atoms with E-state index in [1.54, 1.807) is 17.0 Å². The number of piperazine rings is 1. The van der Waals surface area contributed by atoms with Crippen LogP contribution in [0.2, 0.25) is 4.34 Å². The van der Waals surface area contributed by atoms with Gasteiger partial charge in [0.2, 0.25) is 0 Å². The maximum Gasteiger partial charge on any atom is 0.276 e. The van der Waals surface area contributed by atoms with Gasteiger partial charge in [-0.05, 0) is 12.1 Å². The second kappa shape index (κ2) is 6.58. The predicted octanol–water partition coefficient (Wildman–Crippen LogP) is 2.52. The molecule has 108 valence electrons. The fourth-order valence-electron chi connectivity index (χ4n) is 1.97. The van der Waals surface area contributed by atoms with Gasteiger partial charge < -0.3 is 14.7 Å². The number of hydrogen-bond acceptors (Lipinski definition) is 5. The molecule has 1 aliphatic rings. The molecule has 1 N–H and O–H groups in total. The third kappa shape index (κ3) is 3.15.